The molecule has 3 aromatic rings. The Kier molecular flexibility index (Phi) is 5.25. The summed E-state index contributed by atoms with van der Waals surface area (Å²) >= 11 is 1.32. The minimum Gasteiger partial charge on any atom is -0.465 e. The van der Waals surface area contributed by atoms with Gasteiger partial charge < -0.3 is 10.1 Å². The highest BCUT2D eigenvalue weighted by atomic mass is 32.2. The second kappa shape index (κ2) is 7.76. The number of hydrogen-bond donors (Lipinski definition) is 1. The van der Waals surface area contributed by atoms with Crippen LogP contribution < -0.4 is 5.32 Å². The van der Waals surface area contributed by atoms with Crippen LogP contribution in [0.15, 0.2) is 59.9 Å². The maximum Gasteiger partial charge on any atom is 0.339 e. The molecule has 0 aliphatic carbocycles. The maximum absolute atomic E-state index is 12.3. The zero-order valence-electron chi connectivity index (χ0n) is 13.4. The standard InChI is InChI=1S/C18H15N3O3S/c1-24-18(23)13-7-3-5-9-15(13)21-16(22)10-25-17-12-6-2-4-8-14(12)19-11-20-17/h2-9,11H,10H2,1H3,(H,21,22). The summed E-state index contributed by atoms with van der Waals surface area (Å²) in [5, 5.41) is 4.38. The molecule has 0 unspecified atom stereocenters. The number of nitrogens with one attached hydrogen (secondary N) is 1. The van der Waals surface area contributed by atoms with Crippen LogP contribution in [0.2, 0.25) is 0 Å². The zero-order valence-corrected chi connectivity index (χ0v) is 14.2. The minimum absolute atomic E-state index is 0.163. The van der Waals surface area contributed by atoms with Crippen LogP contribution >= 0.6 is 11.8 Å². The zero-order chi connectivity index (χ0) is 17.6. The van der Waals surface area contributed by atoms with Gasteiger partial charge in [-0.15, -0.1) is 0 Å². The van der Waals surface area contributed by atoms with Gasteiger partial charge in [-0.2, -0.15) is 0 Å². The maximum atomic E-state index is 12.3. The molecule has 0 fully saturated rings. The number of fused-ring (bicyclic) bond motifs is 1. The molecular formula is C18H15N3O3S. The highest BCUT2D eigenvalue weighted by Gasteiger charge is 2.14. The van der Waals surface area contributed by atoms with Gasteiger partial charge >= 0.3 is 5.97 Å². The first-order valence-electron chi connectivity index (χ1n) is 7.49. The number of esters is 1. The van der Waals surface area contributed by atoms with Crippen molar-refractivity contribution in [3.63, 3.8) is 0 Å². The summed E-state index contributed by atoms with van der Waals surface area (Å²) in [6.45, 7) is 0. The van der Waals surface area contributed by atoms with Gasteiger partial charge in [-0.3, -0.25) is 4.79 Å². The van der Waals surface area contributed by atoms with Crippen molar-refractivity contribution in [1.82, 2.24) is 9.97 Å². The van der Waals surface area contributed by atoms with Gasteiger partial charge in [0.05, 0.1) is 29.6 Å². The van der Waals surface area contributed by atoms with Crippen molar-refractivity contribution in [3.05, 3.63) is 60.4 Å². The fourth-order valence-electron chi connectivity index (χ4n) is 2.30. The molecule has 25 heavy (non-hydrogen) atoms. The lowest BCUT2D eigenvalue weighted by Crippen LogP contribution is -2.17. The smallest absolute Gasteiger partial charge is 0.339 e. The van der Waals surface area contributed by atoms with E-state index >= 15 is 0 Å². The number of amides is 1. The normalized spacial score (nSPS) is 10.4. The van der Waals surface area contributed by atoms with E-state index in [9.17, 15) is 9.59 Å². The molecule has 0 aliphatic rings. The molecule has 1 N–H and O–H groups in total. The molecule has 1 aromatic heterocycles. The number of anilines is 1. The molecule has 1 heterocycles. The minimum atomic E-state index is -0.495. The van der Waals surface area contributed by atoms with Crippen LogP contribution in [-0.4, -0.2) is 34.7 Å². The van der Waals surface area contributed by atoms with Crippen LogP contribution in [0.5, 0.6) is 0 Å². The Balaban J connectivity index is 1.71. The van der Waals surface area contributed by atoms with E-state index in [2.05, 4.69) is 15.3 Å². The molecule has 7 heteroatoms. The summed E-state index contributed by atoms with van der Waals surface area (Å²) in [7, 11) is 1.30. The van der Waals surface area contributed by atoms with E-state index < -0.39 is 5.97 Å². The van der Waals surface area contributed by atoms with Crippen molar-refractivity contribution < 1.29 is 14.3 Å². The van der Waals surface area contributed by atoms with Gasteiger partial charge in [-0.1, -0.05) is 42.1 Å². The van der Waals surface area contributed by atoms with Gasteiger partial charge in [0.25, 0.3) is 0 Å². The van der Waals surface area contributed by atoms with E-state index in [1.165, 1.54) is 25.2 Å². The lowest BCUT2D eigenvalue weighted by Gasteiger charge is -2.09. The number of carbonyl (C=O) groups is 2. The number of ether oxygens (including phenoxy) is 1. The molecule has 0 saturated heterocycles. The van der Waals surface area contributed by atoms with Gasteiger partial charge in [-0.05, 0) is 18.2 Å². The molecule has 0 atom stereocenters. The molecule has 0 saturated carbocycles. The van der Waals surface area contributed by atoms with Crippen molar-refractivity contribution >= 4 is 40.2 Å². The Labute approximate surface area is 148 Å². The number of thioether (sulfide) groups is 1. The first kappa shape index (κ1) is 16.9. The van der Waals surface area contributed by atoms with Gasteiger partial charge in [-0.25, -0.2) is 14.8 Å². The van der Waals surface area contributed by atoms with Crippen molar-refractivity contribution in [3.8, 4) is 0 Å². The largest absolute Gasteiger partial charge is 0.465 e. The van der Waals surface area contributed by atoms with Crippen LogP contribution in [-0.2, 0) is 9.53 Å². The Morgan fingerprint density at radius 3 is 2.68 bits per heavy atom. The van der Waals surface area contributed by atoms with E-state index in [1.54, 1.807) is 24.3 Å². The quantitative estimate of drug-likeness (QED) is 0.431. The first-order valence-corrected chi connectivity index (χ1v) is 8.47. The third-order valence-corrected chi connectivity index (χ3v) is 4.46. The third-order valence-electron chi connectivity index (χ3n) is 3.45. The molecule has 3 rings (SSSR count). The Hall–Kier alpha value is -2.93. The van der Waals surface area contributed by atoms with E-state index in [0.717, 1.165) is 15.9 Å². The van der Waals surface area contributed by atoms with Gasteiger partial charge in [0.2, 0.25) is 5.91 Å². The van der Waals surface area contributed by atoms with Crippen molar-refractivity contribution in [2.75, 3.05) is 18.2 Å². The molecule has 0 bridgehead atoms. The number of rotatable bonds is 5. The predicted octanol–water partition coefficient (Wildman–Crippen LogP) is 3.15. The average molecular weight is 353 g/mol. The van der Waals surface area contributed by atoms with Gasteiger partial charge in [0.15, 0.2) is 0 Å². The molecule has 1 amide bonds. The number of benzene rings is 2. The SMILES string of the molecule is COC(=O)c1ccccc1NC(=O)CSc1ncnc2ccccc12. The highest BCUT2D eigenvalue weighted by molar-refractivity contribution is 8.00. The lowest BCUT2D eigenvalue weighted by atomic mass is 10.2. The monoisotopic (exact) mass is 353 g/mol. The lowest BCUT2D eigenvalue weighted by molar-refractivity contribution is -0.113. The average Bonchev–Trinajstić information content (AvgIpc) is 2.66. The number of methoxy groups -OCH3 is 1. The van der Waals surface area contributed by atoms with Crippen LogP contribution in [0.3, 0.4) is 0 Å². The van der Waals surface area contributed by atoms with Crippen molar-refractivity contribution in [2.45, 2.75) is 5.03 Å². The van der Waals surface area contributed by atoms with Gasteiger partial charge in [0.1, 0.15) is 11.4 Å². The molecule has 126 valence electrons. The highest BCUT2D eigenvalue weighted by Crippen LogP contribution is 2.24. The summed E-state index contributed by atoms with van der Waals surface area (Å²) in [4.78, 5) is 32.4. The van der Waals surface area contributed by atoms with Crippen LogP contribution in [0.25, 0.3) is 10.9 Å². The second-order valence-electron chi connectivity index (χ2n) is 5.07. The first-order chi connectivity index (χ1) is 12.2. The van der Waals surface area contributed by atoms with Crippen molar-refractivity contribution in [1.29, 1.82) is 0 Å². The molecule has 0 aliphatic heterocycles. The summed E-state index contributed by atoms with van der Waals surface area (Å²) in [6.07, 6.45) is 1.48. The van der Waals surface area contributed by atoms with Crippen LogP contribution in [0, 0.1) is 0 Å². The fourth-order valence-corrected chi connectivity index (χ4v) is 3.09. The Morgan fingerprint density at radius 1 is 1.08 bits per heavy atom. The van der Waals surface area contributed by atoms with Gasteiger partial charge in [0, 0.05) is 5.39 Å². The Morgan fingerprint density at radius 2 is 1.84 bits per heavy atom. The molecule has 0 radical (unpaired) electrons. The van der Waals surface area contributed by atoms with Crippen LogP contribution in [0.4, 0.5) is 5.69 Å². The summed E-state index contributed by atoms with van der Waals surface area (Å²) in [5.41, 5.74) is 1.57. The molecule has 6 nitrogen and oxygen atoms in total. The Bertz CT molecular complexity index is 925. The molecule has 0 spiro atoms. The van der Waals surface area contributed by atoms with E-state index in [0.29, 0.717) is 11.3 Å². The number of aromatic nitrogens is 2. The number of nitrogens with zero attached hydrogens (tertiary/aromatic N) is 2. The van der Waals surface area contributed by atoms with E-state index in [4.69, 9.17) is 4.74 Å². The fraction of sp³-hybridized carbons (Fsp3) is 0.111. The van der Waals surface area contributed by atoms with Crippen LogP contribution in [0.1, 0.15) is 10.4 Å². The molecular weight excluding hydrogens is 338 g/mol. The molecule has 2 aromatic carbocycles. The van der Waals surface area contributed by atoms with E-state index in [1.807, 2.05) is 24.3 Å². The number of para-hydroxylation sites is 2. The summed E-state index contributed by atoms with van der Waals surface area (Å²) < 4.78 is 4.72. The predicted molar refractivity (Wildman–Crippen MR) is 96.7 cm³/mol. The topological polar surface area (TPSA) is 81.2 Å². The van der Waals surface area contributed by atoms with E-state index in [-0.39, 0.29) is 11.7 Å². The summed E-state index contributed by atoms with van der Waals surface area (Å²) in [6, 6.07) is 14.3. The van der Waals surface area contributed by atoms with Crippen molar-refractivity contribution in [2.24, 2.45) is 0 Å². The number of carbonyl (C=O) groups excluding carboxylic acids is 2. The summed E-state index contributed by atoms with van der Waals surface area (Å²) in [5.74, 6) is -0.564. The third kappa shape index (κ3) is 3.95. The second-order valence-corrected chi connectivity index (χ2v) is 6.03. The number of hydrogen-bond acceptors (Lipinski definition) is 6.